The molecule has 1 aromatic carbocycles. The van der Waals surface area contributed by atoms with Gasteiger partial charge in [-0.2, -0.15) is 5.26 Å². The molecule has 2 rings (SSSR count). The zero-order valence-corrected chi connectivity index (χ0v) is 13.2. The smallest absolute Gasteiger partial charge is 0.348 e. The molecule has 0 amide bonds. The normalized spacial score (nSPS) is 14.8. The maximum absolute atomic E-state index is 11.6. The van der Waals surface area contributed by atoms with Crippen LogP contribution in [-0.4, -0.2) is 43.8 Å². The Kier molecular flexibility index (Phi) is 5.87. The molecule has 126 valence electrons. The molecular formula is C16H17N3O5. The number of benzene rings is 1. The molecule has 8 heteroatoms. The number of nitrogens with zero attached hydrogens (tertiary/aromatic N) is 3. The fourth-order valence-electron chi connectivity index (χ4n) is 2.36. The fraction of sp³-hybridized carbons (Fsp3) is 0.375. The highest BCUT2D eigenvalue weighted by atomic mass is 16.6. The van der Waals surface area contributed by atoms with Crippen LogP contribution in [0, 0.1) is 21.4 Å². The summed E-state index contributed by atoms with van der Waals surface area (Å²) in [6.45, 7) is 3.95. The minimum atomic E-state index is -0.750. The van der Waals surface area contributed by atoms with Gasteiger partial charge in [0, 0.05) is 19.2 Å². The molecule has 0 radical (unpaired) electrons. The van der Waals surface area contributed by atoms with Gasteiger partial charge >= 0.3 is 5.97 Å². The van der Waals surface area contributed by atoms with Crippen LogP contribution >= 0.6 is 0 Å². The zero-order valence-electron chi connectivity index (χ0n) is 13.2. The summed E-state index contributed by atoms with van der Waals surface area (Å²) in [5.41, 5.74) is 0.607. The van der Waals surface area contributed by atoms with Crippen LogP contribution in [0.25, 0.3) is 6.08 Å². The Hall–Kier alpha value is -2.92. The van der Waals surface area contributed by atoms with E-state index in [1.165, 1.54) is 12.1 Å². The first-order chi connectivity index (χ1) is 11.6. The molecule has 0 aliphatic carbocycles. The molecule has 1 heterocycles. The van der Waals surface area contributed by atoms with E-state index in [2.05, 4.69) is 0 Å². The van der Waals surface area contributed by atoms with Gasteiger partial charge in [-0.25, -0.2) is 4.79 Å². The Bertz CT molecular complexity index is 702. The van der Waals surface area contributed by atoms with Crippen LogP contribution in [0.1, 0.15) is 12.5 Å². The average Bonchev–Trinajstić information content (AvgIpc) is 2.60. The number of nitro benzene ring substituents is 1. The summed E-state index contributed by atoms with van der Waals surface area (Å²) >= 11 is 0. The van der Waals surface area contributed by atoms with Crippen molar-refractivity contribution in [3.8, 4) is 6.07 Å². The van der Waals surface area contributed by atoms with Gasteiger partial charge < -0.3 is 14.4 Å². The summed E-state index contributed by atoms with van der Waals surface area (Å²) in [5.74, 6) is -0.750. The number of morpholine rings is 1. The second-order valence-electron chi connectivity index (χ2n) is 4.99. The van der Waals surface area contributed by atoms with Gasteiger partial charge in [0.2, 0.25) is 0 Å². The van der Waals surface area contributed by atoms with E-state index in [0.717, 1.165) is 0 Å². The summed E-state index contributed by atoms with van der Waals surface area (Å²) in [4.78, 5) is 24.4. The second kappa shape index (κ2) is 8.08. The predicted molar refractivity (Wildman–Crippen MR) is 86.4 cm³/mol. The molecule has 1 fully saturated rings. The lowest BCUT2D eigenvalue weighted by Crippen LogP contribution is -2.36. The Morgan fingerprint density at radius 2 is 2.21 bits per heavy atom. The van der Waals surface area contributed by atoms with Crippen molar-refractivity contribution in [2.45, 2.75) is 6.92 Å². The number of esters is 1. The summed E-state index contributed by atoms with van der Waals surface area (Å²) in [6.07, 6.45) is 1.29. The third kappa shape index (κ3) is 4.08. The van der Waals surface area contributed by atoms with Gasteiger partial charge in [-0.1, -0.05) is 6.07 Å². The van der Waals surface area contributed by atoms with E-state index in [0.29, 0.717) is 37.6 Å². The SMILES string of the molecule is CCOC(=O)/C(C#N)=C/c1ccc(N2CCOCC2)c([N+](=O)[O-])c1. The summed E-state index contributed by atoms with van der Waals surface area (Å²) in [7, 11) is 0. The predicted octanol–water partition coefficient (Wildman–Crippen LogP) is 1.90. The molecule has 1 saturated heterocycles. The van der Waals surface area contributed by atoms with Crippen molar-refractivity contribution in [1.29, 1.82) is 5.26 Å². The van der Waals surface area contributed by atoms with Crippen molar-refractivity contribution in [2.24, 2.45) is 0 Å². The van der Waals surface area contributed by atoms with Gasteiger partial charge in [0.1, 0.15) is 17.3 Å². The molecule has 0 saturated carbocycles. The monoisotopic (exact) mass is 331 g/mol. The van der Waals surface area contributed by atoms with Crippen LogP contribution in [0.2, 0.25) is 0 Å². The number of rotatable bonds is 5. The van der Waals surface area contributed by atoms with Gasteiger partial charge in [0.15, 0.2) is 0 Å². The lowest BCUT2D eigenvalue weighted by Gasteiger charge is -2.28. The van der Waals surface area contributed by atoms with Crippen LogP contribution < -0.4 is 4.90 Å². The van der Waals surface area contributed by atoms with Crippen LogP contribution in [0.4, 0.5) is 11.4 Å². The average molecular weight is 331 g/mol. The van der Waals surface area contributed by atoms with Crippen molar-refractivity contribution in [1.82, 2.24) is 0 Å². The highest BCUT2D eigenvalue weighted by molar-refractivity contribution is 5.98. The number of hydrogen-bond acceptors (Lipinski definition) is 7. The van der Waals surface area contributed by atoms with E-state index in [1.54, 1.807) is 25.1 Å². The van der Waals surface area contributed by atoms with Gasteiger partial charge in [0.05, 0.1) is 24.7 Å². The molecule has 0 spiro atoms. The molecule has 1 aromatic rings. The molecular weight excluding hydrogens is 314 g/mol. The molecule has 24 heavy (non-hydrogen) atoms. The Labute approximate surface area is 139 Å². The topological polar surface area (TPSA) is 106 Å². The molecule has 0 aromatic heterocycles. The second-order valence-corrected chi connectivity index (χ2v) is 4.99. The Balaban J connectivity index is 2.36. The van der Waals surface area contributed by atoms with Crippen LogP contribution in [0.3, 0.4) is 0 Å². The van der Waals surface area contributed by atoms with Crippen LogP contribution in [-0.2, 0) is 14.3 Å². The Morgan fingerprint density at radius 3 is 2.79 bits per heavy atom. The van der Waals surface area contributed by atoms with Crippen LogP contribution in [0.15, 0.2) is 23.8 Å². The Morgan fingerprint density at radius 1 is 1.50 bits per heavy atom. The number of nitro groups is 1. The number of carbonyl (C=O) groups is 1. The highest BCUT2D eigenvalue weighted by Gasteiger charge is 2.22. The number of anilines is 1. The first kappa shape index (κ1) is 17.4. The maximum Gasteiger partial charge on any atom is 0.348 e. The molecule has 1 aliphatic heterocycles. The van der Waals surface area contributed by atoms with E-state index in [4.69, 9.17) is 14.7 Å². The van der Waals surface area contributed by atoms with Crippen molar-refractivity contribution < 1.29 is 19.2 Å². The van der Waals surface area contributed by atoms with Gasteiger partial charge in [0.25, 0.3) is 5.69 Å². The number of ether oxygens (including phenoxy) is 2. The van der Waals surface area contributed by atoms with E-state index in [1.807, 2.05) is 4.90 Å². The first-order valence-corrected chi connectivity index (χ1v) is 7.47. The van der Waals surface area contributed by atoms with E-state index < -0.39 is 10.9 Å². The fourth-order valence-corrected chi connectivity index (χ4v) is 2.36. The summed E-state index contributed by atoms with van der Waals surface area (Å²) in [6, 6.07) is 6.35. The zero-order chi connectivity index (χ0) is 17.5. The number of hydrogen-bond donors (Lipinski definition) is 0. The lowest BCUT2D eigenvalue weighted by atomic mass is 10.1. The van der Waals surface area contributed by atoms with Gasteiger partial charge in [-0.05, 0) is 24.6 Å². The van der Waals surface area contributed by atoms with Crippen molar-refractivity contribution in [3.63, 3.8) is 0 Å². The molecule has 8 nitrogen and oxygen atoms in total. The minimum Gasteiger partial charge on any atom is -0.462 e. The minimum absolute atomic E-state index is 0.0770. The van der Waals surface area contributed by atoms with E-state index >= 15 is 0 Å². The third-order valence-corrected chi connectivity index (χ3v) is 3.47. The third-order valence-electron chi connectivity index (χ3n) is 3.47. The van der Waals surface area contributed by atoms with Gasteiger partial charge in [-0.3, -0.25) is 10.1 Å². The van der Waals surface area contributed by atoms with E-state index in [-0.39, 0.29) is 17.9 Å². The summed E-state index contributed by atoms with van der Waals surface area (Å²) in [5, 5.41) is 20.4. The van der Waals surface area contributed by atoms with Crippen molar-refractivity contribution in [2.75, 3.05) is 37.8 Å². The maximum atomic E-state index is 11.6. The number of carbonyl (C=O) groups excluding carboxylic acids is 1. The van der Waals surface area contributed by atoms with Crippen LogP contribution in [0.5, 0.6) is 0 Å². The molecule has 0 unspecified atom stereocenters. The lowest BCUT2D eigenvalue weighted by molar-refractivity contribution is -0.384. The first-order valence-electron chi connectivity index (χ1n) is 7.47. The van der Waals surface area contributed by atoms with Crippen molar-refractivity contribution in [3.05, 3.63) is 39.4 Å². The number of nitriles is 1. The standard InChI is InChI=1S/C16H17N3O5/c1-2-24-16(20)13(11-17)9-12-3-4-14(15(10-12)19(21)22)18-5-7-23-8-6-18/h3-4,9-10H,2,5-8H2,1H3/b13-9+. The quantitative estimate of drug-likeness (QED) is 0.267. The van der Waals surface area contributed by atoms with Crippen molar-refractivity contribution >= 4 is 23.4 Å². The molecule has 0 bridgehead atoms. The molecule has 0 atom stereocenters. The highest BCUT2D eigenvalue weighted by Crippen LogP contribution is 2.30. The largest absolute Gasteiger partial charge is 0.462 e. The van der Waals surface area contributed by atoms with Gasteiger partial charge in [-0.15, -0.1) is 0 Å². The summed E-state index contributed by atoms with van der Waals surface area (Å²) < 4.78 is 10.0. The molecule has 0 N–H and O–H groups in total. The van der Waals surface area contributed by atoms with E-state index in [9.17, 15) is 14.9 Å². The molecule has 1 aliphatic rings.